The number of likely N-dealkylation sites (tertiary alicyclic amines) is 1. The van der Waals surface area contributed by atoms with Gasteiger partial charge in [-0.15, -0.1) is 0 Å². The lowest BCUT2D eigenvalue weighted by atomic mass is 9.89. The van der Waals surface area contributed by atoms with E-state index in [1.54, 1.807) is 19.4 Å². The Morgan fingerprint density at radius 1 is 1.06 bits per heavy atom. The molecule has 0 spiro atoms. The molecular formula is C29H30N4O3. The highest BCUT2D eigenvalue weighted by Crippen LogP contribution is 2.33. The molecule has 2 aliphatic rings. The van der Waals surface area contributed by atoms with Crippen LogP contribution in [0.5, 0.6) is 0 Å². The third kappa shape index (κ3) is 4.93. The third-order valence-electron chi connectivity index (χ3n) is 7.14. The third-order valence-corrected chi connectivity index (χ3v) is 7.14. The summed E-state index contributed by atoms with van der Waals surface area (Å²) in [6.45, 7) is 1.32. The molecule has 1 fully saturated rings. The van der Waals surface area contributed by atoms with E-state index in [4.69, 9.17) is 0 Å². The number of piperidine rings is 1. The molecule has 0 aliphatic carbocycles. The van der Waals surface area contributed by atoms with Crippen LogP contribution in [0.15, 0.2) is 73.1 Å². The quantitative estimate of drug-likeness (QED) is 0.546. The first-order valence-electron chi connectivity index (χ1n) is 12.4. The molecule has 0 bridgehead atoms. The van der Waals surface area contributed by atoms with Crippen molar-refractivity contribution in [2.24, 2.45) is 0 Å². The van der Waals surface area contributed by atoms with Crippen molar-refractivity contribution in [2.75, 3.05) is 18.5 Å². The van der Waals surface area contributed by atoms with Crippen molar-refractivity contribution in [3.8, 4) is 0 Å². The first kappa shape index (κ1) is 23.9. The highest BCUT2D eigenvalue weighted by molar-refractivity contribution is 6.43. The van der Waals surface area contributed by atoms with Crippen molar-refractivity contribution >= 4 is 23.3 Å². The Bertz CT molecular complexity index is 1260. The molecule has 2 amide bonds. The first-order chi connectivity index (χ1) is 17.5. The van der Waals surface area contributed by atoms with Crippen LogP contribution in [0.1, 0.15) is 41.1 Å². The Kier molecular flexibility index (Phi) is 6.91. The SMILES string of the molecule is CN1C(=O)C(=O)Cc2ccc(CNC3CCCN(C(=O)Cc4cccnc4)C3c3ccccc3)cc21. The molecule has 3 aromatic rings. The number of fused-ring (bicyclic) bond motifs is 1. The van der Waals surface area contributed by atoms with Gasteiger partial charge in [0.15, 0.2) is 0 Å². The summed E-state index contributed by atoms with van der Waals surface area (Å²) >= 11 is 0. The standard InChI is InChI=1S/C29H30N4O3/c1-32-25-15-21(11-12-23(25)17-26(34)29(32)36)19-31-24-10-6-14-33(28(24)22-8-3-2-4-9-22)27(35)16-20-7-5-13-30-18-20/h2-5,7-9,11-13,15,18,24,28,31H,6,10,14,16-17,19H2,1H3. The molecule has 1 aromatic heterocycles. The molecule has 7 nitrogen and oxygen atoms in total. The van der Waals surface area contributed by atoms with Gasteiger partial charge in [-0.05, 0) is 47.2 Å². The maximum Gasteiger partial charge on any atom is 0.294 e. The zero-order valence-corrected chi connectivity index (χ0v) is 20.4. The summed E-state index contributed by atoms with van der Waals surface area (Å²) in [6.07, 6.45) is 5.82. The number of anilines is 1. The van der Waals surface area contributed by atoms with E-state index in [2.05, 4.69) is 22.4 Å². The van der Waals surface area contributed by atoms with E-state index in [-0.39, 0.29) is 30.2 Å². The largest absolute Gasteiger partial charge is 0.334 e. The van der Waals surface area contributed by atoms with Crippen LogP contribution in [-0.2, 0) is 33.8 Å². The molecule has 1 saturated heterocycles. The minimum absolute atomic E-state index is 0.0796. The number of benzene rings is 2. The van der Waals surface area contributed by atoms with Gasteiger partial charge in [-0.2, -0.15) is 0 Å². The van der Waals surface area contributed by atoms with E-state index in [0.717, 1.165) is 47.3 Å². The fourth-order valence-corrected chi connectivity index (χ4v) is 5.31. The van der Waals surface area contributed by atoms with E-state index in [1.807, 2.05) is 53.4 Å². The number of aromatic nitrogens is 1. The number of carbonyl (C=O) groups is 3. The van der Waals surface area contributed by atoms with Gasteiger partial charge in [0.05, 0.1) is 12.5 Å². The summed E-state index contributed by atoms with van der Waals surface area (Å²) in [6, 6.07) is 19.9. The van der Waals surface area contributed by atoms with Crippen LogP contribution in [0.4, 0.5) is 5.69 Å². The molecule has 2 atom stereocenters. The average molecular weight is 483 g/mol. The Balaban J connectivity index is 1.36. The fourth-order valence-electron chi connectivity index (χ4n) is 5.31. The summed E-state index contributed by atoms with van der Waals surface area (Å²) in [4.78, 5) is 45.1. The van der Waals surface area contributed by atoms with Crippen molar-refractivity contribution < 1.29 is 14.4 Å². The van der Waals surface area contributed by atoms with Crippen molar-refractivity contribution in [1.82, 2.24) is 15.2 Å². The number of nitrogens with zero attached hydrogens (tertiary/aromatic N) is 3. The number of nitrogens with one attached hydrogen (secondary N) is 1. The number of amides is 2. The van der Waals surface area contributed by atoms with Crippen LogP contribution in [0.25, 0.3) is 0 Å². The number of carbonyl (C=O) groups excluding carboxylic acids is 3. The van der Waals surface area contributed by atoms with E-state index in [1.165, 1.54) is 4.90 Å². The second-order valence-electron chi connectivity index (χ2n) is 9.54. The van der Waals surface area contributed by atoms with Gasteiger partial charge >= 0.3 is 0 Å². The van der Waals surface area contributed by atoms with E-state index in [0.29, 0.717) is 13.0 Å². The van der Waals surface area contributed by atoms with Crippen LogP contribution in [-0.4, -0.2) is 47.1 Å². The second kappa shape index (κ2) is 10.4. The predicted octanol–water partition coefficient (Wildman–Crippen LogP) is 3.23. The average Bonchev–Trinajstić information content (AvgIpc) is 2.91. The summed E-state index contributed by atoms with van der Waals surface area (Å²) in [5.41, 5.74) is 4.72. The van der Waals surface area contributed by atoms with Crippen LogP contribution < -0.4 is 10.2 Å². The van der Waals surface area contributed by atoms with Crippen molar-refractivity contribution in [3.05, 3.63) is 95.3 Å². The van der Waals surface area contributed by atoms with Crippen LogP contribution in [0.2, 0.25) is 0 Å². The summed E-state index contributed by atoms with van der Waals surface area (Å²) in [5.74, 6) is -0.742. The lowest BCUT2D eigenvalue weighted by Gasteiger charge is -2.42. The summed E-state index contributed by atoms with van der Waals surface area (Å²) in [5, 5.41) is 3.70. The number of hydrogen-bond donors (Lipinski definition) is 1. The zero-order valence-electron chi connectivity index (χ0n) is 20.4. The normalized spacial score (nSPS) is 19.8. The van der Waals surface area contributed by atoms with Gasteiger partial charge < -0.3 is 15.1 Å². The highest BCUT2D eigenvalue weighted by atomic mass is 16.2. The minimum atomic E-state index is -0.466. The molecule has 5 rings (SSSR count). The molecule has 3 heterocycles. The molecule has 0 saturated carbocycles. The number of likely N-dealkylation sites (N-methyl/N-ethyl adjacent to an activating group) is 1. The van der Waals surface area contributed by atoms with Crippen LogP contribution in [0, 0.1) is 0 Å². The van der Waals surface area contributed by atoms with Gasteiger partial charge in [-0.25, -0.2) is 0 Å². The summed E-state index contributed by atoms with van der Waals surface area (Å²) < 4.78 is 0. The van der Waals surface area contributed by atoms with E-state index < -0.39 is 5.91 Å². The number of rotatable bonds is 6. The van der Waals surface area contributed by atoms with Crippen molar-refractivity contribution in [1.29, 1.82) is 0 Å². The van der Waals surface area contributed by atoms with E-state index >= 15 is 0 Å². The summed E-state index contributed by atoms with van der Waals surface area (Å²) in [7, 11) is 1.65. The molecule has 2 aromatic carbocycles. The first-order valence-corrected chi connectivity index (χ1v) is 12.4. The monoisotopic (exact) mass is 482 g/mol. The molecule has 7 heteroatoms. The molecule has 2 unspecified atom stereocenters. The Morgan fingerprint density at radius 3 is 2.67 bits per heavy atom. The second-order valence-corrected chi connectivity index (χ2v) is 9.54. The Morgan fingerprint density at radius 2 is 1.89 bits per heavy atom. The van der Waals surface area contributed by atoms with Gasteiger partial charge in [0.1, 0.15) is 0 Å². The van der Waals surface area contributed by atoms with Gasteiger partial charge in [-0.3, -0.25) is 19.4 Å². The van der Waals surface area contributed by atoms with E-state index in [9.17, 15) is 14.4 Å². The van der Waals surface area contributed by atoms with Crippen molar-refractivity contribution in [3.63, 3.8) is 0 Å². The fraction of sp³-hybridized carbons (Fsp3) is 0.310. The van der Waals surface area contributed by atoms with Gasteiger partial charge in [0.25, 0.3) is 5.91 Å². The Hall–Kier alpha value is -3.84. The lowest BCUT2D eigenvalue weighted by Crippen LogP contribution is -2.50. The molecule has 36 heavy (non-hydrogen) atoms. The minimum Gasteiger partial charge on any atom is -0.334 e. The predicted molar refractivity (Wildman–Crippen MR) is 137 cm³/mol. The van der Waals surface area contributed by atoms with Crippen LogP contribution in [0.3, 0.4) is 0 Å². The number of Topliss-reactive ketones (excluding diaryl/α,β-unsaturated/α-hetero) is 1. The number of hydrogen-bond acceptors (Lipinski definition) is 5. The highest BCUT2D eigenvalue weighted by Gasteiger charge is 2.35. The zero-order chi connectivity index (χ0) is 25.1. The van der Waals surface area contributed by atoms with Gasteiger partial charge in [0, 0.05) is 50.7 Å². The Labute approximate surface area is 211 Å². The number of ketones is 1. The van der Waals surface area contributed by atoms with Gasteiger partial charge in [-0.1, -0.05) is 48.5 Å². The molecule has 0 radical (unpaired) electrons. The van der Waals surface area contributed by atoms with Crippen LogP contribution >= 0.6 is 0 Å². The molecule has 1 N–H and O–H groups in total. The van der Waals surface area contributed by atoms with Crippen molar-refractivity contribution in [2.45, 2.75) is 44.3 Å². The maximum atomic E-state index is 13.4. The number of pyridine rings is 1. The maximum absolute atomic E-state index is 13.4. The topological polar surface area (TPSA) is 82.6 Å². The lowest BCUT2D eigenvalue weighted by molar-refractivity contribution is -0.136. The smallest absolute Gasteiger partial charge is 0.294 e. The molecular weight excluding hydrogens is 452 g/mol. The van der Waals surface area contributed by atoms with Gasteiger partial charge in [0.2, 0.25) is 11.7 Å². The molecule has 2 aliphatic heterocycles. The molecule has 184 valence electrons.